The second-order valence-corrected chi connectivity index (χ2v) is 4.89. The number of ether oxygens (including phenoxy) is 1. The number of aromatic nitrogens is 7. The first-order chi connectivity index (χ1) is 11.3. The lowest BCUT2D eigenvalue weighted by Crippen LogP contribution is -2.10. The van der Waals surface area contributed by atoms with Crippen molar-refractivity contribution in [3.8, 4) is 17.4 Å². The molecule has 0 saturated carbocycles. The summed E-state index contributed by atoms with van der Waals surface area (Å²) in [4.78, 5) is 8.61. The summed E-state index contributed by atoms with van der Waals surface area (Å²) < 4.78 is 13.9. The quantitative estimate of drug-likeness (QED) is 0.549. The first-order valence-corrected chi connectivity index (χ1v) is 7.05. The fourth-order valence-electron chi connectivity index (χ4n) is 2.33. The van der Waals surface area contributed by atoms with Crippen molar-refractivity contribution >= 4 is 5.65 Å². The van der Waals surface area contributed by atoms with Crippen LogP contribution in [0.15, 0.2) is 41.5 Å². The van der Waals surface area contributed by atoms with E-state index in [-0.39, 0.29) is 0 Å². The Labute approximate surface area is 130 Å². The molecule has 116 valence electrons. The molecule has 4 rings (SSSR count). The standard InChI is InChI=1S/C14H13N7O2/c1-10-14(19-23-18-10)22-8-7-20-6-5-15-13(20)11-3-2-4-12-16-9-17-21(11)12/h2-6,9H,7-8H2,1H3. The highest BCUT2D eigenvalue weighted by atomic mass is 16.6. The van der Waals surface area contributed by atoms with E-state index in [1.54, 1.807) is 17.6 Å². The van der Waals surface area contributed by atoms with Gasteiger partial charge in [0.05, 0.1) is 6.54 Å². The normalized spacial score (nSPS) is 11.2. The summed E-state index contributed by atoms with van der Waals surface area (Å²) in [6, 6.07) is 5.78. The number of hydrogen-bond donors (Lipinski definition) is 0. The minimum atomic E-state index is 0.407. The van der Waals surface area contributed by atoms with E-state index >= 15 is 0 Å². The highest BCUT2D eigenvalue weighted by molar-refractivity contribution is 5.55. The molecule has 0 aliphatic carbocycles. The number of hydrogen-bond acceptors (Lipinski definition) is 7. The Hall–Kier alpha value is -3.23. The van der Waals surface area contributed by atoms with Crippen LogP contribution in [0.1, 0.15) is 5.69 Å². The third-order valence-electron chi connectivity index (χ3n) is 3.43. The van der Waals surface area contributed by atoms with E-state index in [0.717, 1.165) is 17.2 Å². The predicted octanol–water partition coefficient (Wildman–Crippen LogP) is 1.36. The maximum absolute atomic E-state index is 5.56. The van der Waals surface area contributed by atoms with Crippen molar-refractivity contribution < 1.29 is 9.37 Å². The molecule has 4 aromatic heterocycles. The zero-order valence-electron chi connectivity index (χ0n) is 12.3. The molecular formula is C14H13N7O2. The van der Waals surface area contributed by atoms with E-state index in [2.05, 4.69) is 30.0 Å². The lowest BCUT2D eigenvalue weighted by Gasteiger charge is -2.09. The van der Waals surface area contributed by atoms with E-state index in [0.29, 0.717) is 24.7 Å². The van der Waals surface area contributed by atoms with E-state index < -0.39 is 0 Å². The molecule has 0 radical (unpaired) electrons. The zero-order valence-corrected chi connectivity index (χ0v) is 12.3. The fourth-order valence-corrected chi connectivity index (χ4v) is 2.33. The third kappa shape index (κ3) is 2.41. The minimum Gasteiger partial charge on any atom is -0.472 e. The number of nitrogens with zero attached hydrogens (tertiary/aromatic N) is 7. The predicted molar refractivity (Wildman–Crippen MR) is 78.7 cm³/mol. The van der Waals surface area contributed by atoms with Crippen molar-refractivity contribution in [3.63, 3.8) is 0 Å². The molecular weight excluding hydrogens is 298 g/mol. The summed E-state index contributed by atoms with van der Waals surface area (Å²) >= 11 is 0. The summed E-state index contributed by atoms with van der Waals surface area (Å²) in [5.41, 5.74) is 2.27. The van der Waals surface area contributed by atoms with Gasteiger partial charge in [0.2, 0.25) is 0 Å². The van der Waals surface area contributed by atoms with Crippen molar-refractivity contribution in [1.29, 1.82) is 0 Å². The van der Waals surface area contributed by atoms with Crippen LogP contribution in [0.3, 0.4) is 0 Å². The Balaban J connectivity index is 1.57. The average molecular weight is 311 g/mol. The molecule has 0 aliphatic rings. The topological polar surface area (TPSA) is 96.2 Å². The van der Waals surface area contributed by atoms with Crippen LogP contribution >= 0.6 is 0 Å². The molecule has 0 fully saturated rings. The van der Waals surface area contributed by atoms with Gasteiger partial charge in [-0.3, -0.25) is 0 Å². The molecule has 0 saturated heterocycles. The molecule has 0 spiro atoms. The van der Waals surface area contributed by atoms with Gasteiger partial charge in [-0.25, -0.2) is 19.1 Å². The van der Waals surface area contributed by atoms with Gasteiger partial charge in [0.1, 0.15) is 24.3 Å². The first-order valence-electron chi connectivity index (χ1n) is 7.05. The Morgan fingerprint density at radius 3 is 3.04 bits per heavy atom. The molecule has 0 aromatic carbocycles. The molecule has 4 heterocycles. The molecule has 9 heteroatoms. The van der Waals surface area contributed by atoms with E-state index in [9.17, 15) is 0 Å². The van der Waals surface area contributed by atoms with Crippen molar-refractivity contribution in [2.24, 2.45) is 0 Å². The Morgan fingerprint density at radius 1 is 1.22 bits per heavy atom. The summed E-state index contributed by atoms with van der Waals surface area (Å²) in [5, 5.41) is 11.6. The summed E-state index contributed by atoms with van der Waals surface area (Å²) in [6.07, 6.45) is 5.16. The second-order valence-electron chi connectivity index (χ2n) is 4.89. The number of fused-ring (bicyclic) bond motifs is 1. The van der Waals surface area contributed by atoms with Crippen LogP contribution in [-0.2, 0) is 6.54 Å². The highest BCUT2D eigenvalue weighted by Gasteiger charge is 2.12. The number of aryl methyl sites for hydroxylation is 1. The minimum absolute atomic E-state index is 0.407. The van der Waals surface area contributed by atoms with Crippen molar-refractivity contribution in [3.05, 3.63) is 42.6 Å². The van der Waals surface area contributed by atoms with Crippen LogP contribution in [0.5, 0.6) is 5.88 Å². The van der Waals surface area contributed by atoms with Crippen LogP contribution in [0.4, 0.5) is 0 Å². The fraction of sp³-hybridized carbons (Fsp3) is 0.214. The van der Waals surface area contributed by atoms with Gasteiger partial charge >= 0.3 is 0 Å². The van der Waals surface area contributed by atoms with Crippen LogP contribution in [0, 0.1) is 6.92 Å². The second kappa shape index (κ2) is 5.52. The summed E-state index contributed by atoms with van der Waals surface area (Å²) in [6.45, 7) is 2.80. The monoisotopic (exact) mass is 311 g/mol. The molecule has 9 nitrogen and oxygen atoms in total. The molecule has 0 amide bonds. The molecule has 4 aromatic rings. The molecule has 0 bridgehead atoms. The van der Waals surface area contributed by atoms with Gasteiger partial charge < -0.3 is 9.30 Å². The van der Waals surface area contributed by atoms with E-state index in [1.165, 1.54) is 6.33 Å². The first kappa shape index (κ1) is 13.4. The Bertz CT molecular complexity index is 939. The smallest absolute Gasteiger partial charge is 0.278 e. The molecule has 23 heavy (non-hydrogen) atoms. The van der Waals surface area contributed by atoms with Gasteiger partial charge in [-0.05, 0) is 24.2 Å². The van der Waals surface area contributed by atoms with Gasteiger partial charge in [0, 0.05) is 12.4 Å². The van der Waals surface area contributed by atoms with Gasteiger partial charge in [0.15, 0.2) is 11.5 Å². The average Bonchev–Trinajstić information content (AvgIpc) is 3.28. The number of imidazole rings is 1. The Morgan fingerprint density at radius 2 is 2.17 bits per heavy atom. The molecule has 0 N–H and O–H groups in total. The van der Waals surface area contributed by atoms with E-state index in [4.69, 9.17) is 4.74 Å². The maximum atomic E-state index is 5.56. The molecule has 0 aliphatic heterocycles. The molecule has 0 atom stereocenters. The largest absolute Gasteiger partial charge is 0.472 e. The lowest BCUT2D eigenvalue weighted by molar-refractivity contribution is 0.248. The lowest BCUT2D eigenvalue weighted by atomic mass is 10.3. The van der Waals surface area contributed by atoms with Gasteiger partial charge in [-0.15, -0.1) is 0 Å². The highest BCUT2D eigenvalue weighted by Crippen LogP contribution is 2.18. The molecule has 0 unspecified atom stereocenters. The summed E-state index contributed by atoms with van der Waals surface area (Å²) in [7, 11) is 0. The van der Waals surface area contributed by atoms with Gasteiger partial charge in [-0.1, -0.05) is 11.2 Å². The van der Waals surface area contributed by atoms with Gasteiger partial charge in [-0.2, -0.15) is 5.10 Å². The number of rotatable bonds is 5. The summed E-state index contributed by atoms with van der Waals surface area (Å²) in [5.74, 6) is 1.20. The van der Waals surface area contributed by atoms with Crippen LogP contribution in [-0.4, -0.2) is 41.1 Å². The van der Waals surface area contributed by atoms with Crippen LogP contribution < -0.4 is 4.74 Å². The van der Waals surface area contributed by atoms with Crippen molar-refractivity contribution in [2.75, 3.05) is 6.61 Å². The van der Waals surface area contributed by atoms with E-state index in [1.807, 2.05) is 29.0 Å². The zero-order chi connectivity index (χ0) is 15.6. The SMILES string of the molecule is Cc1nonc1OCCn1ccnc1-c1cccc2ncnn12. The third-order valence-corrected chi connectivity index (χ3v) is 3.43. The van der Waals surface area contributed by atoms with Gasteiger partial charge in [0.25, 0.3) is 5.88 Å². The van der Waals surface area contributed by atoms with Crippen molar-refractivity contribution in [2.45, 2.75) is 13.5 Å². The van der Waals surface area contributed by atoms with Crippen LogP contribution in [0.2, 0.25) is 0 Å². The Kier molecular flexibility index (Phi) is 3.22. The number of pyridine rings is 1. The van der Waals surface area contributed by atoms with Crippen molar-refractivity contribution in [1.82, 2.24) is 34.5 Å². The maximum Gasteiger partial charge on any atom is 0.278 e. The van der Waals surface area contributed by atoms with Crippen LogP contribution in [0.25, 0.3) is 17.2 Å².